The fourth-order valence-electron chi connectivity index (χ4n) is 14.7. The predicted octanol–water partition coefficient (Wildman–Crippen LogP) is 11.1. The van der Waals surface area contributed by atoms with Gasteiger partial charge in [-0.25, -0.2) is 0 Å². The fraction of sp³-hybridized carbons (Fsp3) is 0.897. The van der Waals surface area contributed by atoms with Gasteiger partial charge in [-0.1, -0.05) is 62.3 Å². The van der Waals surface area contributed by atoms with Crippen LogP contribution in [0.2, 0.25) is 0 Å². The normalized spacial score (nSPS) is 40.1. The largest absolute Gasteiger partial charge is 0.465 e. The van der Waals surface area contributed by atoms with Crippen LogP contribution in [-0.4, -0.2) is 70.9 Å². The summed E-state index contributed by atoms with van der Waals surface area (Å²) in [6, 6.07) is 0. The number of esters is 6. The number of hydrogen-bond acceptors (Lipinski definition) is 12. The van der Waals surface area contributed by atoms with Crippen molar-refractivity contribution in [3.63, 3.8) is 0 Å². The Bertz CT molecular complexity index is 1850. The maximum absolute atomic E-state index is 12.4. The minimum absolute atomic E-state index is 0.0108. The molecule has 10 aliphatic rings. The molecule has 17 atom stereocenters. The Balaban J connectivity index is 0.000000162. The van der Waals surface area contributed by atoms with Gasteiger partial charge in [0.1, 0.15) is 11.2 Å². The second-order valence-electron chi connectivity index (χ2n) is 26.3. The van der Waals surface area contributed by atoms with Gasteiger partial charge in [0.05, 0.1) is 53.8 Å². The minimum Gasteiger partial charge on any atom is -0.465 e. The zero-order valence-electron chi connectivity index (χ0n) is 45.8. The second-order valence-corrected chi connectivity index (χ2v) is 26.3. The van der Waals surface area contributed by atoms with Crippen LogP contribution in [-0.2, 0) is 52.5 Å². The highest BCUT2D eigenvalue weighted by Gasteiger charge is 2.60. The number of aliphatic hydroxyl groups is 1. The molecule has 12 nitrogen and oxygen atoms in total. The van der Waals surface area contributed by atoms with E-state index in [0.717, 1.165) is 81.0 Å². The van der Waals surface area contributed by atoms with Crippen molar-refractivity contribution in [1.82, 2.24) is 0 Å². The summed E-state index contributed by atoms with van der Waals surface area (Å²) in [5.74, 6) is 6.90. The van der Waals surface area contributed by atoms with Crippen molar-refractivity contribution in [2.45, 2.75) is 210 Å². The van der Waals surface area contributed by atoms with E-state index >= 15 is 0 Å². The van der Waals surface area contributed by atoms with Gasteiger partial charge >= 0.3 is 35.8 Å². The molecular weight excluding hydrogens is 889 g/mol. The molecule has 1 N–H and O–H groups in total. The first-order valence-electron chi connectivity index (χ1n) is 27.9. The Morgan fingerprint density at radius 3 is 1.69 bits per heavy atom. The molecule has 0 aromatic heterocycles. The van der Waals surface area contributed by atoms with Crippen LogP contribution in [0, 0.1) is 106 Å². The molecule has 10 rings (SSSR count). The first-order chi connectivity index (χ1) is 32.6. The van der Waals surface area contributed by atoms with Gasteiger partial charge in [0, 0.05) is 6.42 Å². The molecule has 70 heavy (non-hydrogen) atoms. The van der Waals surface area contributed by atoms with Gasteiger partial charge in [0.25, 0.3) is 0 Å². The third-order valence-electron chi connectivity index (χ3n) is 19.7. The molecule has 0 radical (unpaired) electrons. The lowest BCUT2D eigenvalue weighted by Crippen LogP contribution is -2.61. The first-order valence-corrected chi connectivity index (χ1v) is 27.9. The number of carbonyl (C=O) groups is 6. The first kappa shape index (κ1) is 56.3. The van der Waals surface area contributed by atoms with Crippen LogP contribution in [0.3, 0.4) is 0 Å². The van der Waals surface area contributed by atoms with E-state index in [-0.39, 0.29) is 64.7 Å². The minimum atomic E-state index is -0.555. The number of cyclic esters (lactones) is 2. The van der Waals surface area contributed by atoms with Gasteiger partial charge in [0.2, 0.25) is 0 Å². The van der Waals surface area contributed by atoms with Crippen LogP contribution in [0.1, 0.15) is 193 Å². The molecule has 9 saturated carbocycles. The topological polar surface area (TPSA) is 169 Å². The van der Waals surface area contributed by atoms with E-state index in [0.29, 0.717) is 61.1 Å². The van der Waals surface area contributed by atoms with Crippen LogP contribution < -0.4 is 0 Å². The molecule has 1 saturated heterocycles. The summed E-state index contributed by atoms with van der Waals surface area (Å²) in [6.07, 6.45) is 15.4. The predicted molar refractivity (Wildman–Crippen MR) is 266 cm³/mol. The molecule has 0 aromatic rings. The van der Waals surface area contributed by atoms with Gasteiger partial charge in [0.15, 0.2) is 0 Å². The van der Waals surface area contributed by atoms with E-state index in [1.165, 1.54) is 38.5 Å². The number of fused-ring (bicyclic) bond motifs is 7. The molecule has 0 amide bonds. The summed E-state index contributed by atoms with van der Waals surface area (Å²) in [7, 11) is 0. The van der Waals surface area contributed by atoms with E-state index in [2.05, 4.69) is 18.6 Å². The molecule has 0 spiro atoms. The third-order valence-corrected chi connectivity index (χ3v) is 19.7. The molecule has 8 bridgehead atoms. The average molecular weight is 983 g/mol. The van der Waals surface area contributed by atoms with Crippen molar-refractivity contribution in [3.8, 4) is 0 Å². The summed E-state index contributed by atoms with van der Waals surface area (Å²) in [5.41, 5.74) is -1.66. The van der Waals surface area contributed by atoms with Gasteiger partial charge in [-0.15, -0.1) is 0 Å². The van der Waals surface area contributed by atoms with Gasteiger partial charge < -0.3 is 28.8 Å². The fourth-order valence-corrected chi connectivity index (χ4v) is 14.7. The van der Waals surface area contributed by atoms with Crippen molar-refractivity contribution in [1.29, 1.82) is 0 Å². The number of rotatable bonds is 12. The van der Waals surface area contributed by atoms with E-state index in [1.807, 2.05) is 69.2 Å². The Hall–Kier alpha value is -3.02. The molecule has 9 aliphatic carbocycles. The molecule has 10 fully saturated rings. The monoisotopic (exact) mass is 983 g/mol. The lowest BCUT2D eigenvalue weighted by Gasteiger charge is -2.59. The quantitative estimate of drug-likeness (QED) is 0.112. The van der Waals surface area contributed by atoms with Crippen molar-refractivity contribution < 1.29 is 57.6 Å². The zero-order chi connectivity index (χ0) is 51.8. The Labute approximate surface area is 421 Å². The van der Waals surface area contributed by atoms with Gasteiger partial charge in [-0.2, -0.15) is 0 Å². The van der Waals surface area contributed by atoms with Crippen molar-refractivity contribution >= 4 is 35.8 Å². The van der Waals surface area contributed by atoms with Crippen molar-refractivity contribution in [3.05, 3.63) is 0 Å². The summed E-state index contributed by atoms with van der Waals surface area (Å²) < 4.78 is 27.0. The highest BCUT2D eigenvalue weighted by atomic mass is 16.6. The molecule has 1 heterocycles. The number of hydrogen-bond donors (Lipinski definition) is 1. The van der Waals surface area contributed by atoms with Crippen LogP contribution in [0.5, 0.6) is 0 Å². The Morgan fingerprint density at radius 1 is 0.671 bits per heavy atom. The SMILES string of the molecule is CC1C(=O)OC(=O)C1C.CC1C2CC(C(=O)OC(C)(C)C)C(C2)C1C.CCC(C)(C)C(=O)OC12CC3CC(CC(O)(C3)C1)C2.CCC(C)C(=O)OCC1CC2C3CC(COC(=O)C(C)CC)C(C3)C2C1. The molecule has 398 valence electrons. The second kappa shape index (κ2) is 22.2. The lowest BCUT2D eigenvalue weighted by molar-refractivity contribution is -0.225. The molecule has 0 aromatic carbocycles. The third kappa shape index (κ3) is 12.8. The van der Waals surface area contributed by atoms with Crippen molar-refractivity contribution in [2.24, 2.45) is 106 Å². The molecule has 1 aliphatic heterocycles. The van der Waals surface area contributed by atoms with Gasteiger partial charge in [-0.3, -0.25) is 28.8 Å². The van der Waals surface area contributed by atoms with Gasteiger partial charge in [-0.05, 0) is 196 Å². The summed E-state index contributed by atoms with van der Waals surface area (Å²) in [5, 5.41) is 10.6. The number of ether oxygens (including phenoxy) is 5. The summed E-state index contributed by atoms with van der Waals surface area (Å²) in [4.78, 5) is 69.5. The summed E-state index contributed by atoms with van der Waals surface area (Å²) in [6.45, 7) is 28.9. The standard InChI is InChI=1S/C22H36O4.C16H26O3.C14H24O2.C6H8O3/c1-5-13(3)21(23)25-11-15-7-18-16-9-17(19(10-16)20(18)8-15)12-26-22(24)14(4)6-2;1-4-14(2,3)13(17)19-16-8-11-5-12(9-16)7-15(18,6-11)10-16;1-8-9(2)11-6-10(8)7-12(11)13(15)16-14(3,4)5;1-3-4(2)6(8)9-5(3)7/h13-20H,5-12H2,1-4H3;11-12,18H,4-10H2,1-3H3;8-12H,6-7H2,1-5H3;3-4H,1-2H3. The highest BCUT2D eigenvalue weighted by molar-refractivity contribution is 5.95. The van der Waals surface area contributed by atoms with Crippen molar-refractivity contribution in [2.75, 3.05) is 13.2 Å². The van der Waals surface area contributed by atoms with Crippen LogP contribution in [0.25, 0.3) is 0 Å². The highest BCUT2D eigenvalue weighted by Crippen LogP contribution is 2.63. The summed E-state index contributed by atoms with van der Waals surface area (Å²) >= 11 is 0. The lowest BCUT2D eigenvalue weighted by atomic mass is 9.52. The maximum atomic E-state index is 12.4. The van der Waals surface area contributed by atoms with E-state index < -0.39 is 23.0 Å². The van der Waals surface area contributed by atoms with E-state index in [9.17, 15) is 33.9 Å². The zero-order valence-corrected chi connectivity index (χ0v) is 45.8. The number of carbonyl (C=O) groups excluding carboxylic acids is 6. The van der Waals surface area contributed by atoms with Crippen LogP contribution in [0.15, 0.2) is 0 Å². The Morgan fingerprint density at radius 2 is 1.21 bits per heavy atom. The molecular formula is C58H94O12. The molecule has 17 unspecified atom stereocenters. The molecule has 12 heteroatoms. The van der Waals surface area contributed by atoms with E-state index in [4.69, 9.17) is 18.9 Å². The maximum Gasteiger partial charge on any atom is 0.317 e. The Kier molecular flexibility index (Phi) is 17.9. The average Bonchev–Trinajstić information content (AvgIpc) is 4.14. The van der Waals surface area contributed by atoms with Crippen LogP contribution >= 0.6 is 0 Å². The van der Waals surface area contributed by atoms with Crippen LogP contribution in [0.4, 0.5) is 0 Å². The van der Waals surface area contributed by atoms with E-state index in [1.54, 1.807) is 13.8 Å². The smallest absolute Gasteiger partial charge is 0.317 e.